The van der Waals surface area contributed by atoms with E-state index in [0.717, 1.165) is 12.8 Å². The molecule has 1 aliphatic carbocycles. The SMILES string of the molecule is Cn1nc(C(=O)NC2CCCCCCC2)ccc1=O. The largest absolute Gasteiger partial charge is 0.348 e. The number of nitrogens with one attached hydrogen (secondary N) is 1. The number of hydrogen-bond donors (Lipinski definition) is 1. The molecule has 0 saturated heterocycles. The molecule has 1 N–H and O–H groups in total. The van der Waals surface area contributed by atoms with Gasteiger partial charge in [0.25, 0.3) is 11.5 Å². The van der Waals surface area contributed by atoms with Crippen molar-refractivity contribution in [3.8, 4) is 0 Å². The normalized spacial score (nSPS) is 17.5. The standard InChI is InChI=1S/C14H21N3O2/c1-17-13(18)10-9-12(16-17)14(19)15-11-7-5-3-2-4-6-8-11/h9-11H,2-8H2,1H3,(H,15,19). The van der Waals surface area contributed by atoms with Crippen LogP contribution in [0.2, 0.25) is 0 Å². The Hall–Kier alpha value is -1.65. The predicted octanol–water partition coefficient (Wildman–Crippen LogP) is 1.62. The Morgan fingerprint density at radius 1 is 1.21 bits per heavy atom. The lowest BCUT2D eigenvalue weighted by Gasteiger charge is -2.20. The van der Waals surface area contributed by atoms with Crippen molar-refractivity contribution >= 4 is 5.91 Å². The first-order valence-corrected chi connectivity index (χ1v) is 7.02. The maximum Gasteiger partial charge on any atom is 0.271 e. The number of hydrogen-bond acceptors (Lipinski definition) is 3. The van der Waals surface area contributed by atoms with Crippen molar-refractivity contribution in [2.24, 2.45) is 7.05 Å². The lowest BCUT2D eigenvalue weighted by Crippen LogP contribution is -2.36. The van der Waals surface area contributed by atoms with Crippen LogP contribution in [-0.4, -0.2) is 21.7 Å². The van der Waals surface area contributed by atoms with Crippen LogP contribution in [0.5, 0.6) is 0 Å². The molecule has 1 saturated carbocycles. The van der Waals surface area contributed by atoms with Crippen LogP contribution in [0.3, 0.4) is 0 Å². The minimum Gasteiger partial charge on any atom is -0.348 e. The van der Waals surface area contributed by atoms with Gasteiger partial charge >= 0.3 is 0 Å². The summed E-state index contributed by atoms with van der Waals surface area (Å²) in [7, 11) is 1.55. The molecule has 1 heterocycles. The van der Waals surface area contributed by atoms with Crippen LogP contribution in [-0.2, 0) is 7.05 Å². The molecule has 0 unspecified atom stereocenters. The van der Waals surface area contributed by atoms with E-state index in [1.165, 1.54) is 48.9 Å². The topological polar surface area (TPSA) is 64.0 Å². The van der Waals surface area contributed by atoms with Gasteiger partial charge in [-0.2, -0.15) is 5.10 Å². The average Bonchev–Trinajstić information content (AvgIpc) is 2.35. The van der Waals surface area contributed by atoms with E-state index >= 15 is 0 Å². The highest BCUT2D eigenvalue weighted by atomic mass is 16.2. The van der Waals surface area contributed by atoms with Gasteiger partial charge in [0.2, 0.25) is 0 Å². The summed E-state index contributed by atoms with van der Waals surface area (Å²) in [4.78, 5) is 23.3. The molecule has 0 radical (unpaired) electrons. The number of aromatic nitrogens is 2. The molecule has 0 atom stereocenters. The van der Waals surface area contributed by atoms with E-state index < -0.39 is 0 Å². The van der Waals surface area contributed by atoms with Gasteiger partial charge < -0.3 is 5.32 Å². The minimum absolute atomic E-state index is 0.179. The van der Waals surface area contributed by atoms with Gasteiger partial charge in [-0.05, 0) is 18.9 Å². The van der Waals surface area contributed by atoms with Crippen molar-refractivity contribution in [1.82, 2.24) is 15.1 Å². The summed E-state index contributed by atoms with van der Waals surface area (Å²) >= 11 is 0. The summed E-state index contributed by atoms with van der Waals surface area (Å²) in [6.45, 7) is 0. The van der Waals surface area contributed by atoms with Crippen molar-refractivity contribution < 1.29 is 4.79 Å². The molecule has 0 spiro atoms. The minimum atomic E-state index is -0.206. The number of carbonyl (C=O) groups excluding carboxylic acids is 1. The van der Waals surface area contributed by atoms with Gasteiger partial charge in [0.05, 0.1) is 0 Å². The number of rotatable bonds is 2. The summed E-state index contributed by atoms with van der Waals surface area (Å²) in [6.07, 6.45) is 8.24. The third kappa shape index (κ3) is 3.91. The Kier molecular flexibility index (Phi) is 4.71. The molecular formula is C14H21N3O2. The second kappa shape index (κ2) is 6.50. The first kappa shape index (κ1) is 13.8. The highest BCUT2D eigenvalue weighted by Crippen LogP contribution is 2.17. The van der Waals surface area contributed by atoms with E-state index in [-0.39, 0.29) is 17.5 Å². The van der Waals surface area contributed by atoms with Crippen LogP contribution >= 0.6 is 0 Å². The molecule has 2 rings (SSSR count). The Balaban J connectivity index is 1.98. The Labute approximate surface area is 113 Å². The zero-order valence-electron chi connectivity index (χ0n) is 11.4. The van der Waals surface area contributed by atoms with Gasteiger partial charge in [0.15, 0.2) is 0 Å². The zero-order valence-corrected chi connectivity index (χ0v) is 11.4. The fourth-order valence-corrected chi connectivity index (χ4v) is 2.48. The Morgan fingerprint density at radius 2 is 1.84 bits per heavy atom. The summed E-state index contributed by atoms with van der Waals surface area (Å²) in [6, 6.07) is 3.10. The molecule has 5 nitrogen and oxygen atoms in total. The molecule has 19 heavy (non-hydrogen) atoms. The fraction of sp³-hybridized carbons (Fsp3) is 0.643. The van der Waals surface area contributed by atoms with E-state index in [1.54, 1.807) is 7.05 Å². The summed E-state index contributed by atoms with van der Waals surface area (Å²) in [5.74, 6) is -0.179. The van der Waals surface area contributed by atoms with Crippen LogP contribution in [0.1, 0.15) is 55.4 Å². The van der Waals surface area contributed by atoms with Gasteiger partial charge in [-0.25, -0.2) is 4.68 Å². The maximum atomic E-state index is 12.1. The third-order valence-electron chi connectivity index (χ3n) is 3.63. The smallest absolute Gasteiger partial charge is 0.271 e. The number of carbonyl (C=O) groups is 1. The number of aryl methyl sites for hydroxylation is 1. The second-order valence-electron chi connectivity index (χ2n) is 5.20. The van der Waals surface area contributed by atoms with Crippen molar-refractivity contribution in [2.75, 3.05) is 0 Å². The Bertz CT molecular complexity index is 488. The molecular weight excluding hydrogens is 242 g/mol. The van der Waals surface area contributed by atoms with E-state index in [1.807, 2.05) is 0 Å². The lowest BCUT2D eigenvalue weighted by molar-refractivity contribution is 0.0923. The van der Waals surface area contributed by atoms with Crippen molar-refractivity contribution in [3.63, 3.8) is 0 Å². The number of amides is 1. The Morgan fingerprint density at radius 3 is 2.47 bits per heavy atom. The zero-order chi connectivity index (χ0) is 13.7. The average molecular weight is 263 g/mol. The van der Waals surface area contributed by atoms with Crippen molar-refractivity contribution in [1.29, 1.82) is 0 Å². The molecule has 5 heteroatoms. The van der Waals surface area contributed by atoms with E-state index in [2.05, 4.69) is 10.4 Å². The molecule has 104 valence electrons. The van der Waals surface area contributed by atoms with E-state index in [9.17, 15) is 9.59 Å². The first-order valence-electron chi connectivity index (χ1n) is 7.02. The maximum absolute atomic E-state index is 12.1. The van der Waals surface area contributed by atoms with Crippen molar-refractivity contribution in [3.05, 3.63) is 28.2 Å². The summed E-state index contributed by atoms with van der Waals surface area (Å²) in [5, 5.41) is 7.01. The van der Waals surface area contributed by atoms with Crippen LogP contribution in [0.25, 0.3) is 0 Å². The molecule has 0 bridgehead atoms. The van der Waals surface area contributed by atoms with Crippen LogP contribution in [0.4, 0.5) is 0 Å². The van der Waals surface area contributed by atoms with E-state index in [4.69, 9.17) is 0 Å². The summed E-state index contributed by atoms with van der Waals surface area (Å²) < 4.78 is 1.19. The highest BCUT2D eigenvalue weighted by molar-refractivity contribution is 5.92. The van der Waals surface area contributed by atoms with Gasteiger partial charge in [0.1, 0.15) is 5.69 Å². The van der Waals surface area contributed by atoms with Gasteiger partial charge in [-0.3, -0.25) is 9.59 Å². The third-order valence-corrected chi connectivity index (χ3v) is 3.63. The molecule has 1 aromatic rings. The molecule has 0 aromatic carbocycles. The predicted molar refractivity (Wildman–Crippen MR) is 73.1 cm³/mol. The highest BCUT2D eigenvalue weighted by Gasteiger charge is 2.16. The van der Waals surface area contributed by atoms with Crippen molar-refractivity contribution in [2.45, 2.75) is 51.0 Å². The van der Waals surface area contributed by atoms with Gasteiger partial charge in [-0.1, -0.05) is 32.1 Å². The molecule has 1 amide bonds. The second-order valence-corrected chi connectivity index (χ2v) is 5.20. The van der Waals surface area contributed by atoms with Crippen LogP contribution in [0, 0.1) is 0 Å². The fourth-order valence-electron chi connectivity index (χ4n) is 2.48. The van der Waals surface area contributed by atoms with Crippen LogP contribution in [0.15, 0.2) is 16.9 Å². The van der Waals surface area contributed by atoms with Gasteiger partial charge in [-0.15, -0.1) is 0 Å². The molecule has 1 aliphatic rings. The molecule has 1 fully saturated rings. The van der Waals surface area contributed by atoms with Crippen LogP contribution < -0.4 is 10.9 Å². The lowest BCUT2D eigenvalue weighted by atomic mass is 9.96. The molecule has 0 aliphatic heterocycles. The molecule has 1 aromatic heterocycles. The number of nitrogens with zero attached hydrogens (tertiary/aromatic N) is 2. The van der Waals surface area contributed by atoms with E-state index in [0.29, 0.717) is 5.69 Å². The van der Waals surface area contributed by atoms with Gasteiger partial charge in [0, 0.05) is 19.2 Å². The monoisotopic (exact) mass is 263 g/mol. The first-order chi connectivity index (χ1) is 9.16. The summed E-state index contributed by atoms with van der Waals surface area (Å²) in [5.41, 5.74) is 0.103. The quantitative estimate of drug-likeness (QED) is 0.882.